The highest BCUT2D eigenvalue weighted by Crippen LogP contribution is 2.06. The first-order valence-electron chi connectivity index (χ1n) is 7.26. The molecule has 0 bridgehead atoms. The Kier molecular flexibility index (Phi) is 11.3. The summed E-state index contributed by atoms with van der Waals surface area (Å²) < 4.78 is 0. The molecule has 0 aromatic heterocycles. The molecular weight excluding hydrogens is 246 g/mol. The fourth-order valence-corrected chi connectivity index (χ4v) is 1.94. The highest BCUT2D eigenvalue weighted by atomic mass is 16.4. The third-order valence-corrected chi connectivity index (χ3v) is 3.12. The van der Waals surface area contributed by atoms with Gasteiger partial charge in [-0.25, -0.2) is 0 Å². The predicted octanol–water partition coefficient (Wildman–Crippen LogP) is 2.64. The second-order valence-electron chi connectivity index (χ2n) is 4.90. The highest BCUT2D eigenvalue weighted by Gasteiger charge is 2.17. The summed E-state index contributed by atoms with van der Waals surface area (Å²) in [4.78, 5) is 21.3. The molecular formula is C14H27NO4. The molecule has 5 heteroatoms. The third kappa shape index (κ3) is 11.7. The minimum Gasteiger partial charge on any atom is -0.481 e. The Morgan fingerprint density at radius 3 is 2.11 bits per heavy atom. The van der Waals surface area contributed by atoms with Crippen molar-refractivity contribution < 1.29 is 19.8 Å². The van der Waals surface area contributed by atoms with Crippen LogP contribution in [0.15, 0.2) is 0 Å². The van der Waals surface area contributed by atoms with Gasteiger partial charge in [-0.15, -0.1) is 0 Å². The van der Waals surface area contributed by atoms with E-state index in [1.165, 1.54) is 32.1 Å². The monoisotopic (exact) mass is 273 g/mol. The van der Waals surface area contributed by atoms with Crippen molar-refractivity contribution in [1.29, 1.82) is 0 Å². The van der Waals surface area contributed by atoms with E-state index >= 15 is 0 Å². The first-order valence-corrected chi connectivity index (χ1v) is 7.26. The molecule has 0 heterocycles. The molecule has 5 nitrogen and oxygen atoms in total. The standard InChI is InChI=1S/C14H27NO4/c1-2-3-4-5-6-7-8-11-15-12(14(18)19)9-10-13(16)17/h12,15H,2-11H2,1H3,(H,16,17)(H,18,19)/t12-/m0/s1. The minimum atomic E-state index is -0.968. The molecule has 0 amide bonds. The van der Waals surface area contributed by atoms with E-state index in [-0.39, 0.29) is 12.8 Å². The van der Waals surface area contributed by atoms with Crippen molar-refractivity contribution in [3.63, 3.8) is 0 Å². The van der Waals surface area contributed by atoms with Crippen LogP contribution in [0.3, 0.4) is 0 Å². The number of hydrogen-bond donors (Lipinski definition) is 3. The summed E-state index contributed by atoms with van der Waals surface area (Å²) in [5.41, 5.74) is 0. The zero-order valence-electron chi connectivity index (χ0n) is 11.9. The van der Waals surface area contributed by atoms with Gasteiger partial charge in [0.2, 0.25) is 0 Å². The first-order chi connectivity index (χ1) is 9.07. The van der Waals surface area contributed by atoms with Crippen molar-refractivity contribution >= 4 is 11.9 Å². The number of carboxylic acids is 2. The van der Waals surface area contributed by atoms with Crippen LogP contribution in [-0.2, 0) is 9.59 Å². The lowest BCUT2D eigenvalue weighted by Crippen LogP contribution is -2.37. The number of unbranched alkanes of at least 4 members (excludes halogenated alkanes) is 6. The highest BCUT2D eigenvalue weighted by molar-refractivity contribution is 5.75. The van der Waals surface area contributed by atoms with E-state index in [1.807, 2.05) is 0 Å². The molecule has 0 saturated carbocycles. The molecule has 0 aliphatic carbocycles. The Morgan fingerprint density at radius 2 is 1.58 bits per heavy atom. The number of carboxylic acid groups (broad SMARTS) is 2. The Balaban J connectivity index is 3.53. The van der Waals surface area contributed by atoms with E-state index in [0.717, 1.165) is 12.8 Å². The van der Waals surface area contributed by atoms with Gasteiger partial charge >= 0.3 is 11.9 Å². The molecule has 0 fully saturated rings. The summed E-state index contributed by atoms with van der Waals surface area (Å²) in [6.07, 6.45) is 8.32. The number of rotatable bonds is 13. The van der Waals surface area contributed by atoms with Gasteiger partial charge in [-0.05, 0) is 19.4 Å². The molecule has 0 aliphatic rings. The molecule has 0 aromatic carbocycles. The first kappa shape index (κ1) is 17.9. The van der Waals surface area contributed by atoms with Crippen LogP contribution in [0.1, 0.15) is 64.7 Å². The molecule has 1 atom stereocenters. The number of aliphatic carboxylic acids is 2. The number of carbonyl (C=O) groups is 2. The van der Waals surface area contributed by atoms with Gasteiger partial charge in [0.25, 0.3) is 0 Å². The average Bonchev–Trinajstić information content (AvgIpc) is 2.35. The van der Waals surface area contributed by atoms with Crippen LogP contribution in [0.25, 0.3) is 0 Å². The zero-order valence-corrected chi connectivity index (χ0v) is 11.9. The van der Waals surface area contributed by atoms with E-state index in [4.69, 9.17) is 10.2 Å². The Morgan fingerprint density at radius 1 is 1.00 bits per heavy atom. The van der Waals surface area contributed by atoms with Gasteiger partial charge in [0.15, 0.2) is 0 Å². The molecule has 0 radical (unpaired) electrons. The summed E-state index contributed by atoms with van der Waals surface area (Å²) in [6.45, 7) is 2.83. The lowest BCUT2D eigenvalue weighted by Gasteiger charge is -2.13. The smallest absolute Gasteiger partial charge is 0.320 e. The molecule has 0 aromatic rings. The van der Waals surface area contributed by atoms with Gasteiger partial charge in [0, 0.05) is 6.42 Å². The molecule has 0 spiro atoms. The molecule has 19 heavy (non-hydrogen) atoms. The Bertz CT molecular complexity index is 256. The quantitative estimate of drug-likeness (QED) is 0.449. The van der Waals surface area contributed by atoms with Crippen molar-refractivity contribution in [2.75, 3.05) is 6.54 Å². The SMILES string of the molecule is CCCCCCCCCN[C@@H](CCC(=O)O)C(=O)O. The maximum atomic E-state index is 10.9. The van der Waals surface area contributed by atoms with Crippen LogP contribution in [0, 0.1) is 0 Å². The van der Waals surface area contributed by atoms with E-state index in [9.17, 15) is 9.59 Å². The average molecular weight is 273 g/mol. The van der Waals surface area contributed by atoms with E-state index in [1.54, 1.807) is 0 Å². The third-order valence-electron chi connectivity index (χ3n) is 3.12. The van der Waals surface area contributed by atoms with Crippen molar-refractivity contribution in [2.45, 2.75) is 70.8 Å². The fourth-order valence-electron chi connectivity index (χ4n) is 1.94. The molecule has 0 aliphatic heterocycles. The van der Waals surface area contributed by atoms with Crippen LogP contribution < -0.4 is 5.32 Å². The van der Waals surface area contributed by atoms with Gasteiger partial charge in [-0.1, -0.05) is 45.4 Å². The van der Waals surface area contributed by atoms with Crippen molar-refractivity contribution in [3.05, 3.63) is 0 Å². The molecule has 0 rings (SSSR count). The molecule has 3 N–H and O–H groups in total. The largest absolute Gasteiger partial charge is 0.481 e. The van der Waals surface area contributed by atoms with Crippen molar-refractivity contribution in [2.24, 2.45) is 0 Å². The van der Waals surface area contributed by atoms with E-state index in [2.05, 4.69) is 12.2 Å². The van der Waals surface area contributed by atoms with Crippen molar-refractivity contribution in [3.8, 4) is 0 Å². The molecule has 0 unspecified atom stereocenters. The predicted molar refractivity (Wildman–Crippen MR) is 74.3 cm³/mol. The summed E-state index contributed by atoms with van der Waals surface area (Å²) in [5, 5.41) is 20.4. The molecule has 0 saturated heterocycles. The lowest BCUT2D eigenvalue weighted by atomic mass is 10.1. The Hall–Kier alpha value is -1.10. The molecule has 112 valence electrons. The Labute approximate surface area is 115 Å². The van der Waals surface area contributed by atoms with Crippen molar-refractivity contribution in [1.82, 2.24) is 5.32 Å². The second kappa shape index (κ2) is 12.0. The fraction of sp³-hybridized carbons (Fsp3) is 0.857. The normalized spacial score (nSPS) is 12.3. The summed E-state index contributed by atoms with van der Waals surface area (Å²) >= 11 is 0. The van der Waals surface area contributed by atoms with Gasteiger partial charge in [-0.3, -0.25) is 9.59 Å². The maximum absolute atomic E-state index is 10.9. The van der Waals surface area contributed by atoms with Crippen LogP contribution in [0.5, 0.6) is 0 Å². The maximum Gasteiger partial charge on any atom is 0.320 e. The van der Waals surface area contributed by atoms with Crippen LogP contribution in [0.2, 0.25) is 0 Å². The van der Waals surface area contributed by atoms with Gasteiger partial charge < -0.3 is 15.5 Å². The number of nitrogens with one attached hydrogen (secondary N) is 1. The zero-order chi connectivity index (χ0) is 14.5. The summed E-state index contributed by atoms with van der Waals surface area (Å²) in [6, 6.07) is -0.740. The van der Waals surface area contributed by atoms with Crippen LogP contribution in [0.4, 0.5) is 0 Å². The van der Waals surface area contributed by atoms with Gasteiger partial charge in [-0.2, -0.15) is 0 Å². The van der Waals surface area contributed by atoms with Crippen LogP contribution >= 0.6 is 0 Å². The lowest BCUT2D eigenvalue weighted by molar-refractivity contribution is -0.140. The minimum absolute atomic E-state index is 0.110. The summed E-state index contributed by atoms with van der Waals surface area (Å²) in [5.74, 6) is -1.92. The van der Waals surface area contributed by atoms with Gasteiger partial charge in [0.1, 0.15) is 6.04 Å². The summed E-state index contributed by atoms with van der Waals surface area (Å²) in [7, 11) is 0. The number of hydrogen-bond acceptors (Lipinski definition) is 3. The van der Waals surface area contributed by atoms with Gasteiger partial charge in [0.05, 0.1) is 0 Å². The van der Waals surface area contributed by atoms with E-state index < -0.39 is 18.0 Å². The van der Waals surface area contributed by atoms with E-state index in [0.29, 0.717) is 6.54 Å². The van der Waals surface area contributed by atoms with Crippen LogP contribution in [-0.4, -0.2) is 34.7 Å². The topological polar surface area (TPSA) is 86.6 Å². The second-order valence-corrected chi connectivity index (χ2v) is 4.90.